The Bertz CT molecular complexity index is 1000. The topological polar surface area (TPSA) is 9.23 Å². The van der Waals surface area contributed by atoms with E-state index < -0.39 is 0 Å². The predicted molar refractivity (Wildman–Crippen MR) is 138 cm³/mol. The smallest absolute Gasteiger partial charge is 0.166 e. The Kier molecular flexibility index (Phi) is 8.19. The van der Waals surface area contributed by atoms with E-state index in [2.05, 4.69) is 144 Å². The summed E-state index contributed by atoms with van der Waals surface area (Å²) in [4.78, 5) is 3.95. The van der Waals surface area contributed by atoms with E-state index in [1.165, 1.54) is 25.8 Å². The highest BCUT2D eigenvalue weighted by Gasteiger charge is 2.28. The van der Waals surface area contributed by atoms with Gasteiger partial charge in [0, 0.05) is 0 Å². The maximum Gasteiger partial charge on any atom is 0.166 e. The van der Waals surface area contributed by atoms with E-state index in [9.17, 15) is 0 Å². The molecule has 0 spiro atoms. The van der Waals surface area contributed by atoms with Crippen LogP contribution in [0.3, 0.4) is 0 Å². The van der Waals surface area contributed by atoms with Gasteiger partial charge >= 0.3 is 0 Å². The maximum atomic E-state index is 5.95. The SMILES string of the molecule is CC(C)(C)Oc1ccc([S+](c2ccccc2)c2ccccc2)cc1.Cc1ccc(C)cc1. The average molecular weight is 442 g/mol. The summed E-state index contributed by atoms with van der Waals surface area (Å²) in [6.45, 7) is 10.4. The molecule has 2 heteroatoms. The van der Waals surface area contributed by atoms with Crippen LogP contribution in [0.2, 0.25) is 0 Å². The zero-order chi connectivity index (χ0) is 23.0. The van der Waals surface area contributed by atoms with Crippen LogP contribution in [0.15, 0.2) is 124 Å². The lowest BCUT2D eigenvalue weighted by molar-refractivity contribution is 0.131. The van der Waals surface area contributed by atoms with Gasteiger partial charge in [-0.05, 0) is 83.1 Å². The summed E-state index contributed by atoms with van der Waals surface area (Å²) < 4.78 is 5.95. The molecule has 0 amide bonds. The third-order valence-corrected chi connectivity index (χ3v) is 6.89. The van der Waals surface area contributed by atoms with E-state index in [0.29, 0.717) is 0 Å². The molecule has 1 nitrogen and oxygen atoms in total. The summed E-state index contributed by atoms with van der Waals surface area (Å²) in [5.74, 6) is 0.913. The normalized spacial score (nSPS) is 10.9. The minimum Gasteiger partial charge on any atom is -0.488 e. The van der Waals surface area contributed by atoms with Crippen LogP contribution in [0.5, 0.6) is 5.75 Å². The number of benzene rings is 4. The van der Waals surface area contributed by atoms with E-state index in [0.717, 1.165) is 5.75 Å². The Morgan fingerprint density at radius 2 is 0.875 bits per heavy atom. The lowest BCUT2D eigenvalue weighted by atomic mass is 10.2. The maximum absolute atomic E-state index is 5.95. The fraction of sp³-hybridized carbons (Fsp3) is 0.200. The highest BCUT2D eigenvalue weighted by atomic mass is 32.2. The van der Waals surface area contributed by atoms with Gasteiger partial charge in [0.2, 0.25) is 0 Å². The third-order valence-electron chi connectivity index (χ3n) is 4.66. The molecule has 32 heavy (non-hydrogen) atoms. The quantitative estimate of drug-likeness (QED) is 0.290. The fourth-order valence-electron chi connectivity index (χ4n) is 3.16. The van der Waals surface area contributed by atoms with Crippen molar-refractivity contribution in [3.05, 3.63) is 120 Å². The first-order valence-corrected chi connectivity index (χ1v) is 12.2. The molecule has 0 aliphatic heterocycles. The second-order valence-corrected chi connectivity index (χ2v) is 10.8. The van der Waals surface area contributed by atoms with Crippen molar-refractivity contribution in [3.63, 3.8) is 0 Å². The molecule has 0 bridgehead atoms. The molecule has 0 aliphatic carbocycles. The van der Waals surface area contributed by atoms with Crippen LogP contribution >= 0.6 is 0 Å². The minimum absolute atomic E-state index is 0.102. The number of rotatable bonds is 4. The van der Waals surface area contributed by atoms with Crippen LogP contribution in [0, 0.1) is 13.8 Å². The highest BCUT2D eigenvalue weighted by molar-refractivity contribution is 7.97. The van der Waals surface area contributed by atoms with Crippen molar-refractivity contribution in [2.45, 2.75) is 54.9 Å². The van der Waals surface area contributed by atoms with Crippen molar-refractivity contribution >= 4 is 10.9 Å². The standard InChI is InChI=1S/C22H23OS.C8H10/c1-22(2,3)23-18-14-16-21(17-15-18)24(19-10-6-4-7-11-19)20-12-8-5-9-13-20;1-7-3-5-8(2)6-4-7/h4-17H,1-3H3;3-6H,1-2H3/q+1;. The Balaban J connectivity index is 0.000000305. The van der Waals surface area contributed by atoms with E-state index in [4.69, 9.17) is 4.74 Å². The van der Waals surface area contributed by atoms with Gasteiger partial charge in [0.1, 0.15) is 11.4 Å². The molecule has 0 radical (unpaired) electrons. The van der Waals surface area contributed by atoms with Crippen LogP contribution in [0.1, 0.15) is 31.9 Å². The third kappa shape index (κ3) is 7.32. The van der Waals surface area contributed by atoms with Crippen LogP contribution in [-0.2, 0) is 10.9 Å². The van der Waals surface area contributed by atoms with E-state index in [-0.39, 0.29) is 16.5 Å². The molecule has 0 fully saturated rings. The van der Waals surface area contributed by atoms with Gasteiger partial charge in [-0.2, -0.15) is 0 Å². The van der Waals surface area contributed by atoms with Crippen molar-refractivity contribution in [1.82, 2.24) is 0 Å². The van der Waals surface area contributed by atoms with E-state index >= 15 is 0 Å². The summed E-state index contributed by atoms with van der Waals surface area (Å²) in [6.07, 6.45) is 0. The number of hydrogen-bond donors (Lipinski definition) is 0. The number of hydrogen-bond acceptors (Lipinski definition) is 1. The molecule has 0 atom stereocenters. The van der Waals surface area contributed by atoms with Gasteiger partial charge in [-0.15, -0.1) is 0 Å². The van der Waals surface area contributed by atoms with Gasteiger partial charge in [0.15, 0.2) is 14.7 Å². The molecule has 0 aromatic heterocycles. The van der Waals surface area contributed by atoms with Crippen molar-refractivity contribution in [2.24, 2.45) is 0 Å². The van der Waals surface area contributed by atoms with Crippen LogP contribution in [0.25, 0.3) is 0 Å². The summed E-state index contributed by atoms with van der Waals surface area (Å²) >= 11 is 0. The lowest BCUT2D eigenvalue weighted by Crippen LogP contribution is -2.22. The fourth-order valence-corrected chi connectivity index (χ4v) is 5.24. The van der Waals surface area contributed by atoms with E-state index in [1.54, 1.807) is 0 Å². The van der Waals surface area contributed by atoms with E-state index in [1.807, 2.05) is 0 Å². The largest absolute Gasteiger partial charge is 0.488 e. The Morgan fingerprint density at radius 1 is 0.500 bits per heavy atom. The molecule has 4 aromatic rings. The monoisotopic (exact) mass is 441 g/mol. The average Bonchev–Trinajstić information content (AvgIpc) is 2.78. The van der Waals surface area contributed by atoms with Gasteiger partial charge in [0.25, 0.3) is 0 Å². The predicted octanol–water partition coefficient (Wildman–Crippen LogP) is 8.26. The van der Waals surface area contributed by atoms with Crippen molar-refractivity contribution in [1.29, 1.82) is 0 Å². The molecule has 4 rings (SSSR count). The first kappa shape index (κ1) is 23.7. The lowest BCUT2D eigenvalue weighted by Gasteiger charge is -2.21. The molecule has 4 aromatic carbocycles. The molecule has 0 aliphatic rings. The molecule has 0 unspecified atom stereocenters. The first-order chi connectivity index (χ1) is 15.3. The van der Waals surface area contributed by atoms with Crippen LogP contribution in [-0.4, -0.2) is 5.60 Å². The molecule has 0 saturated heterocycles. The van der Waals surface area contributed by atoms with Crippen LogP contribution in [0.4, 0.5) is 0 Å². The van der Waals surface area contributed by atoms with Gasteiger partial charge in [-0.1, -0.05) is 71.8 Å². The van der Waals surface area contributed by atoms with Gasteiger partial charge in [0.05, 0.1) is 10.9 Å². The summed E-state index contributed by atoms with van der Waals surface area (Å²) in [5.41, 5.74) is 2.48. The molecule has 0 saturated carbocycles. The Morgan fingerprint density at radius 3 is 1.25 bits per heavy atom. The van der Waals surface area contributed by atoms with Gasteiger partial charge in [-0.3, -0.25) is 0 Å². The van der Waals surface area contributed by atoms with Gasteiger partial charge < -0.3 is 4.74 Å². The zero-order valence-electron chi connectivity index (χ0n) is 19.7. The summed E-state index contributed by atoms with van der Waals surface area (Å²) in [6, 6.07) is 38.4. The number of aryl methyl sites for hydroxylation is 2. The molecule has 0 N–H and O–H groups in total. The van der Waals surface area contributed by atoms with Gasteiger partial charge in [-0.25, -0.2) is 0 Å². The summed E-state index contributed by atoms with van der Waals surface area (Å²) in [7, 11) is -0.102. The molecule has 0 heterocycles. The molecular formula is C30H33OS+. The van der Waals surface area contributed by atoms with Crippen LogP contribution < -0.4 is 4.74 Å². The number of ether oxygens (including phenoxy) is 1. The summed E-state index contributed by atoms with van der Waals surface area (Å²) in [5, 5.41) is 0. The first-order valence-electron chi connectivity index (χ1n) is 11.0. The van der Waals surface area contributed by atoms with Crippen molar-refractivity contribution in [3.8, 4) is 5.75 Å². The highest BCUT2D eigenvalue weighted by Crippen LogP contribution is 2.32. The van der Waals surface area contributed by atoms with Crippen molar-refractivity contribution < 1.29 is 4.74 Å². The van der Waals surface area contributed by atoms with Crippen molar-refractivity contribution in [2.75, 3.05) is 0 Å². The Labute approximate surface area is 196 Å². The second-order valence-electron chi connectivity index (χ2n) is 8.77. The minimum atomic E-state index is -0.179. The second kappa shape index (κ2) is 11.1. The molecule has 164 valence electrons. The Hall–Kier alpha value is -2.97. The zero-order valence-corrected chi connectivity index (χ0v) is 20.5. The molecular weight excluding hydrogens is 408 g/mol.